The zero-order valence-corrected chi connectivity index (χ0v) is 16.0. The van der Waals surface area contributed by atoms with Crippen LogP contribution in [0.4, 0.5) is 0 Å². The summed E-state index contributed by atoms with van der Waals surface area (Å²) in [5, 5.41) is 2.81. The average Bonchev–Trinajstić information content (AvgIpc) is 3.02. The summed E-state index contributed by atoms with van der Waals surface area (Å²) in [4.78, 5) is 12.0. The van der Waals surface area contributed by atoms with Crippen LogP contribution in [0.3, 0.4) is 0 Å². The molecule has 0 saturated heterocycles. The highest BCUT2D eigenvalue weighted by Gasteiger charge is 2.11. The molecule has 0 aliphatic carbocycles. The molecular formula is C18H22INO4. The Morgan fingerprint density at radius 2 is 1.96 bits per heavy atom. The Balaban J connectivity index is 1.73. The van der Waals surface area contributed by atoms with Gasteiger partial charge in [0.25, 0.3) is 5.91 Å². The van der Waals surface area contributed by atoms with E-state index in [1.807, 2.05) is 38.1 Å². The first-order valence-corrected chi connectivity index (χ1v) is 8.99. The number of hydrogen-bond donors (Lipinski definition) is 1. The topological polar surface area (TPSA) is 60.7 Å². The van der Waals surface area contributed by atoms with E-state index in [9.17, 15) is 4.79 Å². The lowest BCUT2D eigenvalue weighted by atomic mass is 10.3. The van der Waals surface area contributed by atoms with E-state index in [2.05, 4.69) is 27.9 Å². The fraction of sp³-hybridized carbons (Fsp3) is 0.389. The molecule has 1 aromatic heterocycles. The third kappa shape index (κ3) is 6.52. The number of amides is 1. The van der Waals surface area contributed by atoms with Crippen molar-refractivity contribution in [2.24, 2.45) is 0 Å². The molecule has 0 unspecified atom stereocenters. The summed E-state index contributed by atoms with van der Waals surface area (Å²) in [6.07, 6.45) is 0.981. The molecule has 6 heteroatoms. The minimum Gasteiger partial charge on any atom is -0.486 e. The van der Waals surface area contributed by atoms with Crippen LogP contribution in [0.2, 0.25) is 0 Å². The Morgan fingerprint density at radius 1 is 1.21 bits per heavy atom. The van der Waals surface area contributed by atoms with Gasteiger partial charge in [0.05, 0.1) is 6.10 Å². The molecule has 24 heavy (non-hydrogen) atoms. The van der Waals surface area contributed by atoms with Gasteiger partial charge in [-0.2, -0.15) is 0 Å². The smallest absolute Gasteiger partial charge is 0.286 e. The van der Waals surface area contributed by atoms with Crippen molar-refractivity contribution in [3.63, 3.8) is 0 Å². The van der Waals surface area contributed by atoms with Crippen molar-refractivity contribution >= 4 is 28.5 Å². The Bertz CT molecular complexity index is 637. The molecule has 1 N–H and O–H groups in total. The molecule has 2 aromatic rings. The normalized spacial score (nSPS) is 10.8. The second kappa shape index (κ2) is 9.68. The Kier molecular flexibility index (Phi) is 7.58. The maximum absolute atomic E-state index is 12.0. The van der Waals surface area contributed by atoms with Gasteiger partial charge in [0, 0.05) is 16.7 Å². The van der Waals surface area contributed by atoms with Crippen molar-refractivity contribution in [3.8, 4) is 5.75 Å². The zero-order valence-electron chi connectivity index (χ0n) is 13.9. The number of furan rings is 1. The molecule has 0 bridgehead atoms. The van der Waals surface area contributed by atoms with E-state index in [-0.39, 0.29) is 18.6 Å². The summed E-state index contributed by atoms with van der Waals surface area (Å²) in [5.41, 5.74) is 0. The van der Waals surface area contributed by atoms with E-state index in [0.717, 1.165) is 15.7 Å². The van der Waals surface area contributed by atoms with Crippen molar-refractivity contribution < 1.29 is 18.7 Å². The van der Waals surface area contributed by atoms with Crippen LogP contribution in [0, 0.1) is 3.57 Å². The van der Waals surface area contributed by atoms with Crippen LogP contribution in [0.5, 0.6) is 5.75 Å². The summed E-state index contributed by atoms with van der Waals surface area (Å²) in [6, 6.07) is 11.2. The highest BCUT2D eigenvalue weighted by Crippen LogP contribution is 2.16. The van der Waals surface area contributed by atoms with E-state index in [4.69, 9.17) is 13.9 Å². The first-order valence-electron chi connectivity index (χ1n) is 7.91. The molecular weight excluding hydrogens is 421 g/mol. The van der Waals surface area contributed by atoms with Crippen LogP contribution in [0.25, 0.3) is 0 Å². The van der Waals surface area contributed by atoms with Gasteiger partial charge in [-0.05, 0) is 79.3 Å². The molecule has 0 aliphatic heterocycles. The van der Waals surface area contributed by atoms with E-state index in [0.29, 0.717) is 24.7 Å². The molecule has 1 amide bonds. The molecule has 0 radical (unpaired) electrons. The van der Waals surface area contributed by atoms with Gasteiger partial charge in [-0.15, -0.1) is 0 Å². The van der Waals surface area contributed by atoms with Crippen LogP contribution >= 0.6 is 22.6 Å². The fourth-order valence-corrected chi connectivity index (χ4v) is 2.30. The zero-order chi connectivity index (χ0) is 17.4. The van der Waals surface area contributed by atoms with Gasteiger partial charge in [-0.25, -0.2) is 0 Å². The number of ether oxygens (including phenoxy) is 2. The van der Waals surface area contributed by atoms with Gasteiger partial charge >= 0.3 is 0 Å². The number of carbonyl (C=O) groups is 1. The first-order chi connectivity index (χ1) is 11.5. The van der Waals surface area contributed by atoms with Gasteiger partial charge in [-0.1, -0.05) is 0 Å². The highest BCUT2D eigenvalue weighted by molar-refractivity contribution is 14.1. The number of benzene rings is 1. The number of carbonyl (C=O) groups excluding carboxylic acids is 1. The molecule has 0 atom stereocenters. The number of rotatable bonds is 9. The Hall–Kier alpha value is -1.54. The standard InChI is InChI=1S/C18H22INO4/c1-13(2)22-11-3-10-20-18(21)17-9-8-16(24-17)12-23-15-6-4-14(19)5-7-15/h4-9,13H,3,10-12H2,1-2H3,(H,20,21). The van der Waals surface area contributed by atoms with Crippen molar-refractivity contribution in [2.45, 2.75) is 33.0 Å². The van der Waals surface area contributed by atoms with Crippen molar-refractivity contribution in [1.29, 1.82) is 0 Å². The second-order valence-corrected chi connectivity index (χ2v) is 6.78. The molecule has 0 saturated carbocycles. The van der Waals surface area contributed by atoms with Crippen LogP contribution in [0.15, 0.2) is 40.8 Å². The number of halogens is 1. The van der Waals surface area contributed by atoms with E-state index >= 15 is 0 Å². The van der Waals surface area contributed by atoms with Gasteiger partial charge in [0.15, 0.2) is 5.76 Å². The Labute approximate surface area is 155 Å². The lowest BCUT2D eigenvalue weighted by Gasteiger charge is -2.07. The highest BCUT2D eigenvalue weighted by atomic mass is 127. The summed E-state index contributed by atoms with van der Waals surface area (Å²) in [6.45, 7) is 5.45. The lowest BCUT2D eigenvalue weighted by molar-refractivity contribution is 0.0753. The third-order valence-electron chi connectivity index (χ3n) is 3.14. The van der Waals surface area contributed by atoms with Gasteiger partial charge in [0.1, 0.15) is 18.1 Å². The summed E-state index contributed by atoms with van der Waals surface area (Å²) < 4.78 is 17.7. The maximum atomic E-state index is 12.0. The van der Waals surface area contributed by atoms with Crippen LogP contribution in [-0.4, -0.2) is 25.2 Å². The average molecular weight is 443 g/mol. The van der Waals surface area contributed by atoms with E-state index < -0.39 is 0 Å². The molecule has 2 rings (SSSR count). The predicted octanol–water partition coefficient (Wildman–Crippen LogP) is 4.01. The van der Waals surface area contributed by atoms with Crippen LogP contribution in [-0.2, 0) is 11.3 Å². The van der Waals surface area contributed by atoms with Gasteiger partial charge < -0.3 is 19.2 Å². The van der Waals surface area contributed by atoms with Crippen LogP contribution < -0.4 is 10.1 Å². The largest absolute Gasteiger partial charge is 0.486 e. The molecule has 130 valence electrons. The monoisotopic (exact) mass is 443 g/mol. The maximum Gasteiger partial charge on any atom is 0.286 e. The minimum absolute atomic E-state index is 0.210. The summed E-state index contributed by atoms with van der Waals surface area (Å²) >= 11 is 2.24. The van der Waals surface area contributed by atoms with E-state index in [1.54, 1.807) is 12.1 Å². The van der Waals surface area contributed by atoms with Gasteiger partial charge in [-0.3, -0.25) is 4.79 Å². The molecule has 5 nitrogen and oxygen atoms in total. The molecule has 1 aromatic carbocycles. The second-order valence-electron chi connectivity index (χ2n) is 5.54. The minimum atomic E-state index is -0.222. The number of hydrogen-bond acceptors (Lipinski definition) is 4. The van der Waals surface area contributed by atoms with Crippen molar-refractivity contribution in [1.82, 2.24) is 5.32 Å². The van der Waals surface area contributed by atoms with E-state index in [1.165, 1.54) is 0 Å². The van der Waals surface area contributed by atoms with Crippen LogP contribution in [0.1, 0.15) is 36.6 Å². The third-order valence-corrected chi connectivity index (χ3v) is 3.86. The fourth-order valence-electron chi connectivity index (χ4n) is 1.94. The summed E-state index contributed by atoms with van der Waals surface area (Å²) in [7, 11) is 0. The molecule has 0 spiro atoms. The first kappa shape index (κ1) is 18.8. The van der Waals surface area contributed by atoms with Crippen molar-refractivity contribution in [2.75, 3.05) is 13.2 Å². The molecule has 0 aliphatic rings. The molecule has 0 fully saturated rings. The lowest BCUT2D eigenvalue weighted by Crippen LogP contribution is -2.25. The predicted molar refractivity (Wildman–Crippen MR) is 100 cm³/mol. The number of nitrogens with one attached hydrogen (secondary N) is 1. The van der Waals surface area contributed by atoms with Gasteiger partial charge in [0.2, 0.25) is 0 Å². The molecule has 1 heterocycles. The summed E-state index contributed by atoms with van der Waals surface area (Å²) in [5.74, 6) is 1.45. The SMILES string of the molecule is CC(C)OCCCNC(=O)c1ccc(COc2ccc(I)cc2)o1. The van der Waals surface area contributed by atoms with Crippen molar-refractivity contribution in [3.05, 3.63) is 51.5 Å². The Morgan fingerprint density at radius 3 is 2.67 bits per heavy atom. The quantitative estimate of drug-likeness (QED) is 0.470.